The SMILES string of the molecule is N=C(N)c1cccc(Cn2ccnc2Cc2ccccc2N)c1. The molecule has 5 nitrogen and oxygen atoms in total. The second-order valence-electron chi connectivity index (χ2n) is 5.46. The fourth-order valence-electron chi connectivity index (χ4n) is 2.55. The van der Waals surface area contributed by atoms with Crippen molar-refractivity contribution in [3.63, 3.8) is 0 Å². The van der Waals surface area contributed by atoms with Crippen molar-refractivity contribution >= 4 is 11.5 Å². The highest BCUT2D eigenvalue weighted by Gasteiger charge is 2.07. The van der Waals surface area contributed by atoms with Crippen LogP contribution >= 0.6 is 0 Å². The Morgan fingerprint density at radius 1 is 1.13 bits per heavy atom. The largest absolute Gasteiger partial charge is 0.398 e. The molecule has 0 radical (unpaired) electrons. The van der Waals surface area contributed by atoms with Crippen LogP contribution in [-0.2, 0) is 13.0 Å². The Bertz CT molecular complexity index is 835. The molecule has 1 aromatic heterocycles. The van der Waals surface area contributed by atoms with E-state index in [9.17, 15) is 0 Å². The van der Waals surface area contributed by atoms with E-state index in [1.165, 1.54) is 0 Å². The van der Waals surface area contributed by atoms with Crippen LogP contribution in [0.3, 0.4) is 0 Å². The van der Waals surface area contributed by atoms with Crippen LogP contribution in [0.4, 0.5) is 5.69 Å². The number of nitrogens with zero attached hydrogens (tertiary/aromatic N) is 2. The molecular weight excluding hydrogens is 286 g/mol. The number of imidazole rings is 1. The predicted molar refractivity (Wildman–Crippen MR) is 92.4 cm³/mol. The molecule has 2 aromatic carbocycles. The Labute approximate surface area is 135 Å². The second kappa shape index (κ2) is 6.36. The average molecular weight is 305 g/mol. The van der Waals surface area contributed by atoms with E-state index in [2.05, 4.69) is 9.55 Å². The average Bonchev–Trinajstić information content (AvgIpc) is 2.97. The molecule has 116 valence electrons. The molecule has 5 heteroatoms. The first-order valence-corrected chi connectivity index (χ1v) is 7.40. The molecule has 0 aliphatic heterocycles. The standard InChI is InChI=1S/C18H19N5/c19-16-7-2-1-5-14(16)11-17-22-8-9-23(17)12-13-4-3-6-15(10-13)18(20)21/h1-10H,11-12,19H2,(H3,20,21). The van der Waals surface area contributed by atoms with Gasteiger partial charge in [-0.25, -0.2) is 4.98 Å². The minimum atomic E-state index is 0.0785. The fourth-order valence-corrected chi connectivity index (χ4v) is 2.55. The molecule has 0 spiro atoms. The molecule has 0 amide bonds. The third kappa shape index (κ3) is 3.40. The van der Waals surface area contributed by atoms with E-state index in [0.717, 1.165) is 28.2 Å². The second-order valence-corrected chi connectivity index (χ2v) is 5.46. The molecule has 1 heterocycles. The number of anilines is 1. The molecule has 0 bridgehead atoms. The summed E-state index contributed by atoms with van der Waals surface area (Å²) in [5.41, 5.74) is 15.2. The number of nitrogen functional groups attached to an aromatic ring is 2. The van der Waals surface area contributed by atoms with Crippen LogP contribution in [0, 0.1) is 5.41 Å². The molecule has 0 unspecified atom stereocenters. The first kappa shape index (κ1) is 14.8. The first-order valence-electron chi connectivity index (χ1n) is 7.40. The summed E-state index contributed by atoms with van der Waals surface area (Å²) in [6.07, 6.45) is 4.43. The van der Waals surface area contributed by atoms with E-state index in [4.69, 9.17) is 16.9 Å². The monoisotopic (exact) mass is 305 g/mol. The van der Waals surface area contributed by atoms with E-state index in [1.54, 1.807) is 6.20 Å². The van der Waals surface area contributed by atoms with Gasteiger partial charge in [-0.05, 0) is 23.3 Å². The molecule has 5 N–H and O–H groups in total. The molecule has 0 aliphatic carbocycles. The van der Waals surface area contributed by atoms with Crippen molar-refractivity contribution in [1.82, 2.24) is 9.55 Å². The smallest absolute Gasteiger partial charge is 0.122 e. The summed E-state index contributed by atoms with van der Waals surface area (Å²) in [5, 5.41) is 7.54. The third-order valence-electron chi connectivity index (χ3n) is 3.80. The molecule has 3 aromatic rings. The Morgan fingerprint density at radius 2 is 1.96 bits per heavy atom. The fraction of sp³-hybridized carbons (Fsp3) is 0.111. The summed E-state index contributed by atoms with van der Waals surface area (Å²) >= 11 is 0. The van der Waals surface area contributed by atoms with Crippen molar-refractivity contribution in [2.24, 2.45) is 5.73 Å². The summed E-state index contributed by atoms with van der Waals surface area (Å²) in [5.74, 6) is 1.03. The Hall–Kier alpha value is -3.08. The number of hydrogen-bond donors (Lipinski definition) is 3. The topological polar surface area (TPSA) is 93.7 Å². The number of hydrogen-bond acceptors (Lipinski definition) is 3. The van der Waals surface area contributed by atoms with Gasteiger partial charge in [0.2, 0.25) is 0 Å². The lowest BCUT2D eigenvalue weighted by Gasteiger charge is -2.10. The lowest BCUT2D eigenvalue weighted by Crippen LogP contribution is -2.12. The van der Waals surface area contributed by atoms with Crippen molar-refractivity contribution in [3.8, 4) is 0 Å². The quantitative estimate of drug-likeness (QED) is 0.384. The van der Waals surface area contributed by atoms with Gasteiger partial charge in [-0.2, -0.15) is 0 Å². The van der Waals surface area contributed by atoms with E-state index in [0.29, 0.717) is 13.0 Å². The number of nitrogens with one attached hydrogen (secondary N) is 1. The van der Waals surface area contributed by atoms with Crippen LogP contribution in [0.5, 0.6) is 0 Å². The highest BCUT2D eigenvalue weighted by atomic mass is 15.1. The van der Waals surface area contributed by atoms with Crippen LogP contribution in [0.25, 0.3) is 0 Å². The van der Waals surface area contributed by atoms with Gasteiger partial charge in [-0.3, -0.25) is 5.41 Å². The third-order valence-corrected chi connectivity index (χ3v) is 3.80. The van der Waals surface area contributed by atoms with Crippen LogP contribution in [0.2, 0.25) is 0 Å². The zero-order valence-electron chi connectivity index (χ0n) is 12.7. The van der Waals surface area contributed by atoms with E-state index in [1.807, 2.05) is 54.7 Å². The molecule has 0 atom stereocenters. The molecule has 0 aliphatic rings. The summed E-state index contributed by atoms with van der Waals surface area (Å²) in [7, 11) is 0. The molecule has 3 rings (SSSR count). The van der Waals surface area contributed by atoms with Gasteiger partial charge in [0.15, 0.2) is 0 Å². The number of aromatic nitrogens is 2. The molecule has 0 fully saturated rings. The first-order chi connectivity index (χ1) is 11.1. The highest BCUT2D eigenvalue weighted by Crippen LogP contribution is 2.16. The minimum absolute atomic E-state index is 0.0785. The number of benzene rings is 2. The summed E-state index contributed by atoms with van der Waals surface area (Å²) in [4.78, 5) is 4.45. The summed E-state index contributed by atoms with van der Waals surface area (Å²) in [6.45, 7) is 0.684. The van der Waals surface area contributed by atoms with Crippen molar-refractivity contribution in [2.45, 2.75) is 13.0 Å². The molecular formula is C18H19N5. The van der Waals surface area contributed by atoms with Crippen LogP contribution in [0.1, 0.15) is 22.5 Å². The van der Waals surface area contributed by atoms with Crippen LogP contribution in [0.15, 0.2) is 60.9 Å². The van der Waals surface area contributed by atoms with Gasteiger partial charge in [-0.1, -0.05) is 36.4 Å². The van der Waals surface area contributed by atoms with Crippen LogP contribution in [-0.4, -0.2) is 15.4 Å². The minimum Gasteiger partial charge on any atom is -0.398 e. The van der Waals surface area contributed by atoms with Gasteiger partial charge in [0.05, 0.1) is 0 Å². The van der Waals surface area contributed by atoms with E-state index < -0.39 is 0 Å². The number of nitrogens with two attached hydrogens (primary N) is 2. The lowest BCUT2D eigenvalue weighted by atomic mass is 10.1. The van der Waals surface area contributed by atoms with Crippen molar-refractivity contribution in [3.05, 3.63) is 83.4 Å². The maximum atomic E-state index is 7.54. The zero-order chi connectivity index (χ0) is 16.2. The van der Waals surface area contributed by atoms with Crippen molar-refractivity contribution < 1.29 is 0 Å². The van der Waals surface area contributed by atoms with E-state index >= 15 is 0 Å². The van der Waals surface area contributed by atoms with Gasteiger partial charge in [0.25, 0.3) is 0 Å². The highest BCUT2D eigenvalue weighted by molar-refractivity contribution is 5.95. The summed E-state index contributed by atoms with van der Waals surface area (Å²) in [6, 6.07) is 15.5. The Morgan fingerprint density at radius 3 is 2.74 bits per heavy atom. The molecule has 0 saturated heterocycles. The maximum Gasteiger partial charge on any atom is 0.122 e. The van der Waals surface area contributed by atoms with Gasteiger partial charge in [0, 0.05) is 36.6 Å². The Balaban J connectivity index is 1.83. The Kier molecular flexibility index (Phi) is 4.10. The molecule has 0 saturated carbocycles. The number of para-hydroxylation sites is 1. The van der Waals surface area contributed by atoms with Crippen molar-refractivity contribution in [2.75, 3.05) is 5.73 Å². The van der Waals surface area contributed by atoms with E-state index in [-0.39, 0.29) is 5.84 Å². The molecule has 23 heavy (non-hydrogen) atoms. The lowest BCUT2D eigenvalue weighted by molar-refractivity contribution is 0.741. The van der Waals surface area contributed by atoms with Crippen LogP contribution < -0.4 is 11.5 Å². The van der Waals surface area contributed by atoms with Gasteiger partial charge >= 0.3 is 0 Å². The normalized spacial score (nSPS) is 10.6. The van der Waals surface area contributed by atoms with Crippen molar-refractivity contribution in [1.29, 1.82) is 5.41 Å². The zero-order valence-corrected chi connectivity index (χ0v) is 12.7. The van der Waals surface area contributed by atoms with Gasteiger partial charge in [0.1, 0.15) is 11.7 Å². The van der Waals surface area contributed by atoms with Gasteiger partial charge < -0.3 is 16.0 Å². The summed E-state index contributed by atoms with van der Waals surface area (Å²) < 4.78 is 2.09. The number of rotatable bonds is 5. The number of amidine groups is 1. The van der Waals surface area contributed by atoms with Gasteiger partial charge in [-0.15, -0.1) is 0 Å². The predicted octanol–water partition coefficient (Wildman–Crippen LogP) is 2.39. The maximum absolute atomic E-state index is 7.54.